The molecule has 0 saturated carbocycles. The normalized spacial score (nSPS) is 21.5. The molecule has 1 fully saturated rings. The Hall–Kier alpha value is -1.19. The van der Waals surface area contributed by atoms with Gasteiger partial charge in [0, 0.05) is 31.2 Å². The first-order valence-electron chi connectivity index (χ1n) is 7.16. The summed E-state index contributed by atoms with van der Waals surface area (Å²) in [6.45, 7) is 11.2. The Kier molecular flexibility index (Phi) is 4.72. The third-order valence-corrected chi connectivity index (χ3v) is 3.96. The summed E-state index contributed by atoms with van der Waals surface area (Å²) in [5.74, 6) is 0.237. The molecule has 1 aromatic carbocycles. The third-order valence-electron chi connectivity index (χ3n) is 3.96. The molecule has 2 rings (SSSR count). The lowest BCUT2D eigenvalue weighted by atomic mass is 10.1. The van der Waals surface area contributed by atoms with Gasteiger partial charge in [0.25, 0.3) is 0 Å². The number of benzene rings is 1. The highest BCUT2D eigenvalue weighted by molar-refractivity contribution is 5.97. The van der Waals surface area contributed by atoms with Crippen LogP contribution < -0.4 is 0 Å². The summed E-state index contributed by atoms with van der Waals surface area (Å²) >= 11 is 0. The molecule has 1 aromatic rings. The van der Waals surface area contributed by atoms with Crippen LogP contribution >= 0.6 is 0 Å². The van der Waals surface area contributed by atoms with Gasteiger partial charge in [0.2, 0.25) is 0 Å². The molecule has 1 heterocycles. The first kappa shape index (κ1) is 14.2. The quantitative estimate of drug-likeness (QED) is 0.775. The summed E-state index contributed by atoms with van der Waals surface area (Å²) in [4.78, 5) is 17.0. The number of carbonyl (C=O) groups excluding carboxylic acids is 1. The van der Waals surface area contributed by atoms with Crippen LogP contribution in [0.25, 0.3) is 0 Å². The van der Waals surface area contributed by atoms with E-state index in [1.165, 1.54) is 0 Å². The molecule has 1 saturated heterocycles. The van der Waals surface area contributed by atoms with Crippen molar-refractivity contribution in [2.75, 3.05) is 32.7 Å². The average Bonchev–Trinajstić information content (AvgIpc) is 2.39. The minimum Gasteiger partial charge on any atom is -0.298 e. The second kappa shape index (κ2) is 6.31. The molecule has 1 aliphatic rings. The lowest BCUT2D eigenvalue weighted by Gasteiger charge is -2.39. The fraction of sp³-hybridized carbons (Fsp3) is 0.562. The smallest absolute Gasteiger partial charge is 0.176 e. The molecule has 0 amide bonds. The van der Waals surface area contributed by atoms with Crippen molar-refractivity contribution in [2.24, 2.45) is 0 Å². The van der Waals surface area contributed by atoms with E-state index in [9.17, 15) is 4.79 Å². The lowest BCUT2D eigenvalue weighted by Crippen LogP contribution is -2.52. The molecule has 0 spiro atoms. The lowest BCUT2D eigenvalue weighted by molar-refractivity contribution is 0.0723. The predicted molar refractivity (Wildman–Crippen MR) is 78.7 cm³/mol. The van der Waals surface area contributed by atoms with Crippen LogP contribution in [0, 0.1) is 6.92 Å². The number of aryl methyl sites for hydroxylation is 1. The first-order valence-corrected chi connectivity index (χ1v) is 7.16. The van der Waals surface area contributed by atoms with Crippen molar-refractivity contribution in [1.82, 2.24) is 9.80 Å². The van der Waals surface area contributed by atoms with E-state index in [-0.39, 0.29) is 5.78 Å². The maximum absolute atomic E-state index is 12.3. The van der Waals surface area contributed by atoms with Crippen molar-refractivity contribution in [3.05, 3.63) is 35.4 Å². The van der Waals surface area contributed by atoms with E-state index in [1.807, 2.05) is 31.2 Å². The van der Waals surface area contributed by atoms with Gasteiger partial charge >= 0.3 is 0 Å². The number of nitrogens with zero attached hydrogens (tertiary/aromatic N) is 2. The number of carbonyl (C=O) groups is 1. The van der Waals surface area contributed by atoms with E-state index < -0.39 is 0 Å². The second-order valence-corrected chi connectivity index (χ2v) is 5.51. The Morgan fingerprint density at radius 1 is 1.37 bits per heavy atom. The zero-order valence-electron chi connectivity index (χ0n) is 12.2. The molecule has 104 valence electrons. The molecule has 1 unspecified atom stereocenters. The van der Waals surface area contributed by atoms with Gasteiger partial charge in [0.1, 0.15) is 0 Å². The van der Waals surface area contributed by atoms with Crippen molar-refractivity contribution in [3.63, 3.8) is 0 Å². The van der Waals surface area contributed by atoms with Gasteiger partial charge in [0.15, 0.2) is 5.78 Å². The van der Waals surface area contributed by atoms with Gasteiger partial charge in [-0.25, -0.2) is 0 Å². The zero-order chi connectivity index (χ0) is 13.8. The highest BCUT2D eigenvalue weighted by Crippen LogP contribution is 2.11. The maximum atomic E-state index is 12.3. The summed E-state index contributed by atoms with van der Waals surface area (Å²) in [7, 11) is 0. The van der Waals surface area contributed by atoms with Crippen LogP contribution in [0.15, 0.2) is 24.3 Å². The number of piperazine rings is 1. The fourth-order valence-corrected chi connectivity index (χ4v) is 2.80. The number of hydrogen-bond acceptors (Lipinski definition) is 3. The molecule has 1 aliphatic heterocycles. The zero-order valence-corrected chi connectivity index (χ0v) is 12.2. The van der Waals surface area contributed by atoms with Gasteiger partial charge in [0.05, 0.1) is 6.54 Å². The van der Waals surface area contributed by atoms with E-state index in [0.717, 1.165) is 37.3 Å². The van der Waals surface area contributed by atoms with E-state index in [1.54, 1.807) is 0 Å². The summed E-state index contributed by atoms with van der Waals surface area (Å²) < 4.78 is 0. The summed E-state index contributed by atoms with van der Waals surface area (Å²) in [5.41, 5.74) is 1.99. The van der Waals surface area contributed by atoms with E-state index in [2.05, 4.69) is 23.6 Å². The Bertz CT molecular complexity index is 444. The maximum Gasteiger partial charge on any atom is 0.176 e. The minimum atomic E-state index is 0.237. The number of likely N-dealkylation sites (N-methyl/N-ethyl adjacent to an activating group) is 1. The molecule has 19 heavy (non-hydrogen) atoms. The molecule has 0 bridgehead atoms. The van der Waals surface area contributed by atoms with Gasteiger partial charge < -0.3 is 0 Å². The highest BCUT2D eigenvalue weighted by atomic mass is 16.1. The number of ketones is 1. The number of hydrogen-bond donors (Lipinski definition) is 0. The molecule has 0 aliphatic carbocycles. The van der Waals surface area contributed by atoms with Crippen molar-refractivity contribution in [2.45, 2.75) is 26.8 Å². The topological polar surface area (TPSA) is 23.6 Å². The first-order chi connectivity index (χ1) is 9.10. The number of Topliss-reactive ketones (excluding diaryl/α,β-unsaturated/α-hetero) is 1. The molecule has 0 radical (unpaired) electrons. The number of rotatable bonds is 4. The van der Waals surface area contributed by atoms with E-state index >= 15 is 0 Å². The van der Waals surface area contributed by atoms with E-state index in [4.69, 9.17) is 0 Å². The average molecular weight is 260 g/mol. The van der Waals surface area contributed by atoms with Crippen LogP contribution in [0.2, 0.25) is 0 Å². The van der Waals surface area contributed by atoms with Gasteiger partial charge in [-0.1, -0.05) is 30.7 Å². The third kappa shape index (κ3) is 3.64. The molecule has 3 nitrogen and oxygen atoms in total. The van der Waals surface area contributed by atoms with Crippen LogP contribution in [0.3, 0.4) is 0 Å². The SMILES string of the molecule is CCN1CCN(CC(=O)c2cccc(C)c2)CC1C. The van der Waals surface area contributed by atoms with Crippen LogP contribution in [-0.2, 0) is 0 Å². The van der Waals surface area contributed by atoms with Crippen molar-refractivity contribution in [3.8, 4) is 0 Å². The largest absolute Gasteiger partial charge is 0.298 e. The Morgan fingerprint density at radius 2 is 2.16 bits per heavy atom. The van der Waals surface area contributed by atoms with Crippen LogP contribution in [0.5, 0.6) is 0 Å². The fourth-order valence-electron chi connectivity index (χ4n) is 2.80. The van der Waals surface area contributed by atoms with Gasteiger partial charge in [-0.2, -0.15) is 0 Å². The summed E-state index contributed by atoms with van der Waals surface area (Å²) in [5, 5.41) is 0. The van der Waals surface area contributed by atoms with Crippen molar-refractivity contribution in [1.29, 1.82) is 0 Å². The van der Waals surface area contributed by atoms with Gasteiger partial charge in [-0.3, -0.25) is 14.6 Å². The van der Waals surface area contributed by atoms with Gasteiger partial charge in [-0.05, 0) is 26.5 Å². The second-order valence-electron chi connectivity index (χ2n) is 5.51. The predicted octanol–water partition coefficient (Wildman–Crippen LogP) is 2.20. The Labute approximate surface area is 116 Å². The summed E-state index contributed by atoms with van der Waals surface area (Å²) in [6.07, 6.45) is 0. The standard InChI is InChI=1S/C16H24N2O/c1-4-18-9-8-17(11-14(18)3)12-16(19)15-7-5-6-13(2)10-15/h5-7,10,14H,4,8-9,11-12H2,1-3H3. The molecular formula is C16H24N2O. The van der Waals surface area contributed by atoms with Crippen molar-refractivity contribution >= 4 is 5.78 Å². The summed E-state index contributed by atoms with van der Waals surface area (Å²) in [6, 6.07) is 8.43. The monoisotopic (exact) mass is 260 g/mol. The molecule has 0 N–H and O–H groups in total. The van der Waals surface area contributed by atoms with Crippen LogP contribution in [0.1, 0.15) is 29.8 Å². The van der Waals surface area contributed by atoms with Crippen molar-refractivity contribution < 1.29 is 4.79 Å². The van der Waals surface area contributed by atoms with Crippen LogP contribution in [0.4, 0.5) is 0 Å². The minimum absolute atomic E-state index is 0.237. The highest BCUT2D eigenvalue weighted by Gasteiger charge is 2.23. The van der Waals surface area contributed by atoms with Crippen LogP contribution in [-0.4, -0.2) is 54.3 Å². The molecule has 3 heteroatoms. The Balaban J connectivity index is 1.93. The van der Waals surface area contributed by atoms with Gasteiger partial charge in [-0.15, -0.1) is 0 Å². The van der Waals surface area contributed by atoms with E-state index in [0.29, 0.717) is 12.6 Å². The Morgan fingerprint density at radius 3 is 2.79 bits per heavy atom. The molecule has 0 aromatic heterocycles. The molecule has 1 atom stereocenters. The molecular weight excluding hydrogens is 236 g/mol.